The Morgan fingerprint density at radius 3 is 1.24 bits per heavy atom. The number of nitrogens with zero attached hydrogens (tertiary/aromatic N) is 2. The van der Waals surface area contributed by atoms with Crippen LogP contribution in [0.4, 0.5) is 0 Å². The minimum Gasteiger partial charge on any atom is -0.478 e. The van der Waals surface area contributed by atoms with Gasteiger partial charge >= 0.3 is 5.97 Å². The van der Waals surface area contributed by atoms with E-state index < -0.39 is 5.97 Å². The van der Waals surface area contributed by atoms with Gasteiger partial charge in [0.15, 0.2) is 0 Å². The number of hydrogen-bond acceptors (Lipinski definition) is 3. The second-order valence-corrected chi connectivity index (χ2v) is 4.64. The SMILES string of the molecule is C=C(CCC)C(=O)O.CCN(C)CC.CCN(C)CC.Cl. The zero-order valence-electron chi connectivity index (χ0n) is 15.1. The minimum absolute atomic E-state index is 0. The second-order valence-electron chi connectivity index (χ2n) is 4.64. The molecule has 0 amide bonds. The van der Waals surface area contributed by atoms with Crippen LogP contribution in [0.5, 0.6) is 0 Å². The summed E-state index contributed by atoms with van der Waals surface area (Å²) in [4.78, 5) is 14.5. The summed E-state index contributed by atoms with van der Waals surface area (Å²) in [5.74, 6) is -0.883. The number of hydrogen-bond donors (Lipinski definition) is 1. The standard InChI is InChI=1S/C6H10O2.2C5H13N.ClH/c1-3-4-5(2)6(7)8;2*1-4-6(3)5-2;/h2-4H2,1H3,(H,7,8);2*4-5H2,1-3H3;1H. The molecular weight excluding hydrogens is 288 g/mol. The highest BCUT2D eigenvalue weighted by atomic mass is 35.5. The predicted molar refractivity (Wildman–Crippen MR) is 96.6 cm³/mol. The normalized spacial score (nSPS) is 9.00. The maximum atomic E-state index is 9.99. The molecule has 0 aliphatic carbocycles. The van der Waals surface area contributed by atoms with E-state index in [-0.39, 0.29) is 12.4 Å². The van der Waals surface area contributed by atoms with Gasteiger partial charge in [-0.2, -0.15) is 0 Å². The summed E-state index contributed by atoms with van der Waals surface area (Å²) in [5.41, 5.74) is 0.299. The molecule has 0 aliphatic rings. The van der Waals surface area contributed by atoms with E-state index in [9.17, 15) is 4.79 Å². The van der Waals surface area contributed by atoms with Gasteiger partial charge in [-0.15, -0.1) is 12.4 Å². The highest BCUT2D eigenvalue weighted by Gasteiger charge is 1.99. The average molecular weight is 325 g/mol. The Balaban J connectivity index is -0.000000102. The molecule has 0 radical (unpaired) electrons. The Morgan fingerprint density at radius 1 is 0.905 bits per heavy atom. The minimum atomic E-state index is -0.883. The number of carbonyl (C=O) groups is 1. The third-order valence-electron chi connectivity index (χ3n) is 3.01. The van der Waals surface area contributed by atoms with Crippen LogP contribution in [-0.2, 0) is 4.79 Å². The zero-order chi connectivity index (χ0) is 16.6. The molecule has 0 saturated carbocycles. The van der Waals surface area contributed by atoms with Gasteiger partial charge in [0.1, 0.15) is 0 Å². The maximum Gasteiger partial charge on any atom is 0.330 e. The summed E-state index contributed by atoms with van der Waals surface area (Å²) in [5, 5.41) is 8.21. The average Bonchev–Trinajstić information content (AvgIpc) is 2.46. The van der Waals surface area contributed by atoms with Crippen LogP contribution in [0.2, 0.25) is 0 Å². The first-order valence-electron chi connectivity index (χ1n) is 7.58. The monoisotopic (exact) mass is 324 g/mol. The Labute approximate surface area is 138 Å². The van der Waals surface area contributed by atoms with E-state index in [0.717, 1.165) is 32.6 Å². The molecule has 0 fully saturated rings. The summed E-state index contributed by atoms with van der Waals surface area (Å²) in [6, 6.07) is 0. The maximum absolute atomic E-state index is 9.99. The van der Waals surface area contributed by atoms with E-state index in [1.54, 1.807) is 0 Å². The summed E-state index contributed by atoms with van der Waals surface area (Å²) in [6.45, 7) is 18.5. The van der Waals surface area contributed by atoms with Gasteiger partial charge in [0.2, 0.25) is 0 Å². The Morgan fingerprint density at radius 2 is 1.19 bits per heavy atom. The van der Waals surface area contributed by atoms with Crippen LogP contribution >= 0.6 is 12.4 Å². The lowest BCUT2D eigenvalue weighted by Crippen LogP contribution is -2.15. The summed E-state index contributed by atoms with van der Waals surface area (Å²) < 4.78 is 0. The molecule has 1 N–H and O–H groups in total. The molecule has 4 nitrogen and oxygen atoms in total. The van der Waals surface area contributed by atoms with Gasteiger partial charge in [0.25, 0.3) is 0 Å². The summed E-state index contributed by atoms with van der Waals surface area (Å²) in [6.07, 6.45) is 1.44. The van der Waals surface area contributed by atoms with Gasteiger partial charge in [-0.3, -0.25) is 0 Å². The summed E-state index contributed by atoms with van der Waals surface area (Å²) >= 11 is 0. The fourth-order valence-electron chi connectivity index (χ4n) is 0.856. The molecule has 5 heteroatoms. The number of rotatable bonds is 7. The lowest BCUT2D eigenvalue weighted by Gasteiger charge is -2.07. The van der Waals surface area contributed by atoms with Crippen molar-refractivity contribution in [3.8, 4) is 0 Å². The molecule has 0 saturated heterocycles. The van der Waals surface area contributed by atoms with Gasteiger partial charge in [0, 0.05) is 5.57 Å². The lowest BCUT2D eigenvalue weighted by atomic mass is 10.2. The van der Waals surface area contributed by atoms with E-state index in [1.807, 2.05) is 6.92 Å². The van der Waals surface area contributed by atoms with Crippen LogP contribution in [0.3, 0.4) is 0 Å². The van der Waals surface area contributed by atoms with Gasteiger partial charge in [0.05, 0.1) is 0 Å². The molecule has 0 atom stereocenters. The van der Waals surface area contributed by atoms with Crippen LogP contribution in [0.25, 0.3) is 0 Å². The lowest BCUT2D eigenvalue weighted by molar-refractivity contribution is -0.132. The molecule has 0 rings (SSSR count). The van der Waals surface area contributed by atoms with Crippen molar-refractivity contribution in [3.05, 3.63) is 12.2 Å². The summed E-state index contributed by atoms with van der Waals surface area (Å²) in [7, 11) is 4.22. The fraction of sp³-hybridized carbons (Fsp3) is 0.812. The first kappa shape index (κ1) is 28.6. The highest BCUT2D eigenvalue weighted by Crippen LogP contribution is 1.99. The van der Waals surface area contributed by atoms with E-state index in [2.05, 4.69) is 58.2 Å². The number of aliphatic carboxylic acids is 1. The van der Waals surface area contributed by atoms with Crippen molar-refractivity contribution in [2.75, 3.05) is 40.3 Å². The molecule has 0 unspecified atom stereocenters. The smallest absolute Gasteiger partial charge is 0.330 e. The van der Waals surface area contributed by atoms with Crippen molar-refractivity contribution < 1.29 is 9.90 Å². The van der Waals surface area contributed by atoms with Crippen molar-refractivity contribution >= 4 is 18.4 Å². The van der Waals surface area contributed by atoms with Crippen LogP contribution in [0.1, 0.15) is 47.5 Å². The van der Waals surface area contributed by atoms with Gasteiger partial charge in [-0.25, -0.2) is 4.79 Å². The van der Waals surface area contributed by atoms with Gasteiger partial charge in [-0.05, 0) is 46.7 Å². The van der Waals surface area contributed by atoms with E-state index in [0.29, 0.717) is 12.0 Å². The van der Waals surface area contributed by atoms with E-state index in [1.165, 1.54) is 0 Å². The molecule has 0 aliphatic heterocycles. The Kier molecular flexibility index (Phi) is 29.5. The predicted octanol–water partition coefficient (Wildman–Crippen LogP) is 3.77. The van der Waals surface area contributed by atoms with Gasteiger partial charge in [-0.1, -0.05) is 47.6 Å². The molecule has 0 aromatic carbocycles. The zero-order valence-corrected chi connectivity index (χ0v) is 15.9. The van der Waals surface area contributed by atoms with Crippen LogP contribution < -0.4 is 0 Å². The third-order valence-corrected chi connectivity index (χ3v) is 3.01. The molecule has 0 aromatic heterocycles. The van der Waals surface area contributed by atoms with Crippen molar-refractivity contribution in [1.29, 1.82) is 0 Å². The third kappa shape index (κ3) is 28.3. The molecule has 21 heavy (non-hydrogen) atoms. The van der Waals surface area contributed by atoms with Crippen molar-refractivity contribution in [2.24, 2.45) is 0 Å². The number of carboxylic acid groups (broad SMARTS) is 1. The first-order chi connectivity index (χ1) is 9.30. The molecule has 130 valence electrons. The van der Waals surface area contributed by atoms with Crippen LogP contribution in [0.15, 0.2) is 12.2 Å². The second kappa shape index (κ2) is 21.7. The number of carboxylic acids is 1. The first-order valence-corrected chi connectivity index (χ1v) is 7.58. The molecule has 0 bridgehead atoms. The molecule has 0 aromatic rings. The van der Waals surface area contributed by atoms with Crippen molar-refractivity contribution in [1.82, 2.24) is 9.80 Å². The topological polar surface area (TPSA) is 43.8 Å². The largest absolute Gasteiger partial charge is 0.478 e. The van der Waals surface area contributed by atoms with Gasteiger partial charge < -0.3 is 14.9 Å². The quantitative estimate of drug-likeness (QED) is 0.724. The highest BCUT2D eigenvalue weighted by molar-refractivity contribution is 5.85. The van der Waals surface area contributed by atoms with E-state index >= 15 is 0 Å². The molecule has 0 heterocycles. The molecular formula is C16H37ClN2O2. The van der Waals surface area contributed by atoms with Crippen LogP contribution in [0, 0.1) is 0 Å². The van der Waals surface area contributed by atoms with Crippen molar-refractivity contribution in [3.63, 3.8) is 0 Å². The van der Waals surface area contributed by atoms with E-state index in [4.69, 9.17) is 5.11 Å². The number of halogens is 1. The van der Waals surface area contributed by atoms with Crippen LogP contribution in [-0.4, -0.2) is 61.2 Å². The van der Waals surface area contributed by atoms with Crippen molar-refractivity contribution in [2.45, 2.75) is 47.5 Å². The molecule has 0 spiro atoms. The Hall–Kier alpha value is -0.580. The fourth-order valence-corrected chi connectivity index (χ4v) is 0.856. The Bertz CT molecular complexity index is 218.